The Balaban J connectivity index is 1.21. The van der Waals surface area contributed by atoms with Gasteiger partial charge in [0.1, 0.15) is 18.1 Å². The second-order valence-corrected chi connectivity index (χ2v) is 11.7. The number of pyridine rings is 1. The summed E-state index contributed by atoms with van der Waals surface area (Å²) in [6.45, 7) is 7.94. The van der Waals surface area contributed by atoms with Gasteiger partial charge in [-0.05, 0) is 104 Å². The number of morpholine rings is 1. The minimum atomic E-state index is -1.33. The van der Waals surface area contributed by atoms with Crippen LogP contribution in [0.2, 0.25) is 0 Å². The van der Waals surface area contributed by atoms with Crippen LogP contribution in [0.1, 0.15) is 59.7 Å². The molecular weight excluding hydrogens is 549 g/mol. The summed E-state index contributed by atoms with van der Waals surface area (Å²) in [6.07, 6.45) is 4.02. The topological polar surface area (TPSA) is 82.2 Å². The summed E-state index contributed by atoms with van der Waals surface area (Å²) in [5.74, 6) is 1.11. The van der Waals surface area contributed by atoms with Crippen molar-refractivity contribution in [1.82, 2.24) is 4.98 Å². The van der Waals surface area contributed by atoms with Gasteiger partial charge in [-0.1, -0.05) is 12.1 Å². The molecule has 2 unspecified atom stereocenters. The molecule has 3 aliphatic rings. The Morgan fingerprint density at radius 3 is 2.77 bits per heavy atom. The molecule has 8 nitrogen and oxygen atoms in total. The van der Waals surface area contributed by atoms with Crippen molar-refractivity contribution in [3.05, 3.63) is 70.8 Å². The number of fused-ring (bicyclic) bond motifs is 1. The summed E-state index contributed by atoms with van der Waals surface area (Å²) in [5.41, 5.74) is 4.41. The van der Waals surface area contributed by atoms with Crippen LogP contribution in [-0.4, -0.2) is 63.3 Å². The summed E-state index contributed by atoms with van der Waals surface area (Å²) < 4.78 is 37.9. The number of ether oxygens (including phenoxy) is 4. The largest absolute Gasteiger partial charge is 0.475 e. The summed E-state index contributed by atoms with van der Waals surface area (Å²) in [7, 11) is 0. The maximum Gasteiger partial charge on any atom is 0.255 e. The maximum atomic E-state index is 14.7. The van der Waals surface area contributed by atoms with Crippen molar-refractivity contribution in [2.45, 2.75) is 57.9 Å². The van der Waals surface area contributed by atoms with Gasteiger partial charge in [0.05, 0.1) is 19.8 Å². The quantitative estimate of drug-likeness (QED) is 0.298. The lowest BCUT2D eigenvalue weighted by atomic mass is 9.98. The molecule has 2 aliphatic heterocycles. The number of alkyl halides is 1. The van der Waals surface area contributed by atoms with E-state index < -0.39 is 5.67 Å². The van der Waals surface area contributed by atoms with Gasteiger partial charge in [0.2, 0.25) is 5.88 Å². The molecule has 0 spiro atoms. The number of halogens is 1. The summed E-state index contributed by atoms with van der Waals surface area (Å²) in [5, 5.41) is 3.04. The summed E-state index contributed by atoms with van der Waals surface area (Å²) in [6, 6.07) is 15.1. The lowest BCUT2D eigenvalue weighted by Crippen LogP contribution is -2.36. The number of nitrogens with one attached hydrogen (secondary N) is 1. The van der Waals surface area contributed by atoms with Crippen LogP contribution in [0.25, 0.3) is 11.1 Å². The Morgan fingerprint density at radius 1 is 1.09 bits per heavy atom. The molecule has 2 aromatic carbocycles. The van der Waals surface area contributed by atoms with Gasteiger partial charge >= 0.3 is 0 Å². The zero-order chi connectivity index (χ0) is 29.8. The number of hydrogen-bond acceptors (Lipinski definition) is 7. The Kier molecular flexibility index (Phi) is 8.93. The van der Waals surface area contributed by atoms with Gasteiger partial charge < -0.3 is 29.2 Å². The van der Waals surface area contributed by atoms with Crippen LogP contribution in [0.5, 0.6) is 5.88 Å². The van der Waals surface area contributed by atoms with Crippen molar-refractivity contribution in [1.29, 1.82) is 0 Å². The van der Waals surface area contributed by atoms with Gasteiger partial charge in [0.15, 0.2) is 6.29 Å². The minimum absolute atomic E-state index is 0.165. The lowest BCUT2D eigenvalue weighted by Gasteiger charge is -2.28. The van der Waals surface area contributed by atoms with Crippen LogP contribution in [0, 0.1) is 6.92 Å². The van der Waals surface area contributed by atoms with Gasteiger partial charge in [0, 0.05) is 37.0 Å². The molecule has 2 atom stereocenters. The van der Waals surface area contributed by atoms with Gasteiger partial charge in [-0.15, -0.1) is 0 Å². The van der Waals surface area contributed by atoms with Crippen molar-refractivity contribution in [2.75, 3.05) is 56.3 Å². The van der Waals surface area contributed by atoms with Crippen molar-refractivity contribution in [2.24, 2.45) is 0 Å². The van der Waals surface area contributed by atoms with Crippen LogP contribution >= 0.6 is 0 Å². The van der Waals surface area contributed by atoms with E-state index in [9.17, 15) is 9.18 Å². The van der Waals surface area contributed by atoms with Crippen molar-refractivity contribution >= 4 is 17.4 Å². The first kappa shape index (κ1) is 29.5. The van der Waals surface area contributed by atoms with E-state index in [1.54, 1.807) is 19.1 Å². The third-order valence-corrected chi connectivity index (χ3v) is 8.50. The molecule has 0 radical (unpaired) electrons. The molecule has 1 aromatic heterocycles. The van der Waals surface area contributed by atoms with Gasteiger partial charge in [-0.3, -0.25) is 4.79 Å². The molecule has 6 rings (SSSR count). The monoisotopic (exact) mass is 589 g/mol. The first-order valence-corrected chi connectivity index (χ1v) is 15.3. The predicted molar refractivity (Wildman–Crippen MR) is 164 cm³/mol. The number of nitrogens with zero attached hydrogens (tertiary/aromatic N) is 2. The van der Waals surface area contributed by atoms with E-state index in [1.165, 1.54) is 0 Å². The molecule has 3 aromatic rings. The van der Waals surface area contributed by atoms with Gasteiger partial charge in [0.25, 0.3) is 5.91 Å². The van der Waals surface area contributed by atoms with Gasteiger partial charge in [-0.25, -0.2) is 4.39 Å². The Morgan fingerprint density at radius 2 is 1.95 bits per heavy atom. The van der Waals surface area contributed by atoms with E-state index in [-0.39, 0.29) is 12.2 Å². The molecule has 43 heavy (non-hydrogen) atoms. The highest BCUT2D eigenvalue weighted by Gasteiger charge is 2.34. The fourth-order valence-corrected chi connectivity index (χ4v) is 6.01. The van der Waals surface area contributed by atoms with Crippen molar-refractivity contribution in [3.63, 3.8) is 0 Å². The number of benzene rings is 2. The second-order valence-electron chi connectivity index (χ2n) is 11.7. The zero-order valence-corrected chi connectivity index (χ0v) is 25.0. The molecule has 228 valence electrons. The number of aryl methyl sites for hydroxylation is 2. The molecule has 2 saturated heterocycles. The number of carbonyl (C=O) groups excluding carboxylic acids is 1. The number of amides is 1. The van der Waals surface area contributed by atoms with Crippen LogP contribution in [0.4, 0.5) is 15.9 Å². The molecule has 0 bridgehead atoms. The first-order chi connectivity index (χ1) is 20.9. The normalized spacial score (nSPS) is 21.8. The predicted octanol–water partition coefficient (Wildman–Crippen LogP) is 6.20. The van der Waals surface area contributed by atoms with Crippen molar-refractivity contribution < 1.29 is 28.1 Å². The SMILES string of the molecule is Cc1ccc(NC(=O)c2ccc3c(c2)CCC3(C)F)cc1-c1cc(OCCOC2CCCCO2)nc(N2CCOCC2)c1. The average Bonchev–Trinajstić information content (AvgIpc) is 3.34. The molecule has 1 N–H and O–H groups in total. The Bertz CT molecular complexity index is 1450. The zero-order valence-electron chi connectivity index (χ0n) is 25.0. The number of carbonyl (C=O) groups is 1. The lowest BCUT2D eigenvalue weighted by molar-refractivity contribution is -0.165. The highest BCUT2D eigenvalue weighted by atomic mass is 19.1. The number of aromatic nitrogens is 1. The van der Waals surface area contributed by atoms with Gasteiger partial charge in [-0.2, -0.15) is 4.98 Å². The summed E-state index contributed by atoms with van der Waals surface area (Å²) >= 11 is 0. The molecule has 1 aliphatic carbocycles. The molecular formula is C34H40FN3O5. The first-order valence-electron chi connectivity index (χ1n) is 15.3. The van der Waals surface area contributed by atoms with Crippen LogP contribution in [0.3, 0.4) is 0 Å². The van der Waals surface area contributed by atoms with E-state index >= 15 is 0 Å². The van der Waals surface area contributed by atoms with E-state index in [4.69, 9.17) is 23.9 Å². The minimum Gasteiger partial charge on any atom is -0.475 e. The molecule has 9 heteroatoms. The van der Waals surface area contributed by atoms with E-state index in [0.717, 1.165) is 67.0 Å². The number of anilines is 2. The molecule has 3 heterocycles. The van der Waals surface area contributed by atoms with Crippen molar-refractivity contribution in [3.8, 4) is 17.0 Å². The average molecular weight is 590 g/mol. The number of hydrogen-bond donors (Lipinski definition) is 1. The third kappa shape index (κ3) is 7.00. The fourth-order valence-electron chi connectivity index (χ4n) is 6.01. The summed E-state index contributed by atoms with van der Waals surface area (Å²) in [4.78, 5) is 20.2. The van der Waals surface area contributed by atoms with E-state index in [1.807, 2.05) is 37.3 Å². The number of rotatable bonds is 9. The molecule has 1 amide bonds. The standard InChI is InChI=1S/C34H40FN3O5/c1-23-6-8-27(36-33(39)25-7-9-29-24(19-25)10-11-34(29,2)35)22-28(23)26-20-30(38-12-15-40-16-13-38)37-31(21-26)41-17-18-43-32-5-3-4-14-42-32/h6-9,19-22,32H,3-5,10-18H2,1-2H3,(H,36,39). The molecule has 0 saturated carbocycles. The van der Waals surface area contributed by atoms with Crippen LogP contribution in [-0.2, 0) is 26.3 Å². The fraction of sp³-hybridized carbons (Fsp3) is 0.471. The van der Waals surface area contributed by atoms with E-state index in [2.05, 4.69) is 16.3 Å². The second kappa shape index (κ2) is 13.0. The maximum absolute atomic E-state index is 14.7. The van der Waals surface area contributed by atoms with Crippen LogP contribution in [0.15, 0.2) is 48.5 Å². The van der Waals surface area contributed by atoms with E-state index in [0.29, 0.717) is 62.0 Å². The highest BCUT2D eigenvalue weighted by Crippen LogP contribution is 2.40. The van der Waals surface area contributed by atoms with Crippen LogP contribution < -0.4 is 15.0 Å². The highest BCUT2D eigenvalue weighted by molar-refractivity contribution is 6.04. The third-order valence-electron chi connectivity index (χ3n) is 8.50. The molecule has 2 fully saturated rings. The smallest absolute Gasteiger partial charge is 0.255 e. The Labute approximate surface area is 252 Å². The Hall–Kier alpha value is -3.53.